The summed E-state index contributed by atoms with van der Waals surface area (Å²) >= 11 is 0. The van der Waals surface area contributed by atoms with Gasteiger partial charge in [-0.15, -0.1) is 0 Å². The molecule has 27 heavy (non-hydrogen) atoms. The summed E-state index contributed by atoms with van der Waals surface area (Å²) in [5, 5.41) is 3.35. The Labute approximate surface area is 163 Å². The highest BCUT2D eigenvalue weighted by Gasteiger charge is 2.15. The van der Waals surface area contributed by atoms with E-state index in [4.69, 9.17) is 9.73 Å². The molecule has 1 heterocycles. The second-order valence-corrected chi connectivity index (χ2v) is 9.46. The second kappa shape index (κ2) is 10.7. The van der Waals surface area contributed by atoms with Crippen LogP contribution in [0.3, 0.4) is 0 Å². The molecule has 0 bridgehead atoms. The zero-order valence-corrected chi connectivity index (χ0v) is 17.6. The quantitative estimate of drug-likeness (QED) is 0.541. The van der Waals surface area contributed by atoms with Gasteiger partial charge in [-0.05, 0) is 43.2 Å². The van der Waals surface area contributed by atoms with Crippen molar-refractivity contribution in [1.82, 2.24) is 10.2 Å². The maximum absolute atomic E-state index is 11.4. The lowest BCUT2D eigenvalue weighted by molar-refractivity contribution is 0.0625. The zero-order chi connectivity index (χ0) is 19.7. The van der Waals surface area contributed by atoms with Crippen molar-refractivity contribution in [3.8, 4) is 0 Å². The third-order valence-corrected chi connectivity index (χ3v) is 5.63. The maximum Gasteiger partial charge on any atom is 0.193 e. The molecule has 0 radical (unpaired) electrons. The summed E-state index contributed by atoms with van der Waals surface area (Å²) in [6.07, 6.45) is 4.72. The third-order valence-electron chi connectivity index (χ3n) is 4.77. The van der Waals surface area contributed by atoms with Gasteiger partial charge in [-0.1, -0.05) is 24.3 Å². The first-order chi connectivity index (χ1) is 12.9. The number of sulfone groups is 1. The Balaban J connectivity index is 1.91. The van der Waals surface area contributed by atoms with Crippen molar-refractivity contribution >= 4 is 15.8 Å². The fourth-order valence-electron chi connectivity index (χ4n) is 3.20. The van der Waals surface area contributed by atoms with Crippen molar-refractivity contribution in [2.24, 2.45) is 10.9 Å². The van der Waals surface area contributed by atoms with Crippen LogP contribution in [-0.4, -0.2) is 58.9 Å². The van der Waals surface area contributed by atoms with Gasteiger partial charge in [-0.3, -0.25) is 0 Å². The van der Waals surface area contributed by atoms with Crippen molar-refractivity contribution in [3.63, 3.8) is 0 Å². The topological polar surface area (TPSA) is 71.0 Å². The van der Waals surface area contributed by atoms with Crippen molar-refractivity contribution in [2.75, 3.05) is 39.6 Å². The third kappa shape index (κ3) is 8.30. The molecule has 1 aromatic rings. The van der Waals surface area contributed by atoms with Gasteiger partial charge < -0.3 is 15.0 Å². The number of benzene rings is 1. The lowest BCUT2D eigenvalue weighted by atomic mass is 9.96. The van der Waals surface area contributed by atoms with Crippen LogP contribution in [0, 0.1) is 5.92 Å². The van der Waals surface area contributed by atoms with Crippen LogP contribution in [0.2, 0.25) is 0 Å². The number of aliphatic imine (C=N–C) groups is 1. The number of nitrogens with zero attached hydrogens (tertiary/aromatic N) is 2. The molecule has 1 fully saturated rings. The normalized spacial score (nSPS) is 16.3. The Bertz CT molecular complexity index is 696. The van der Waals surface area contributed by atoms with Gasteiger partial charge in [0.25, 0.3) is 0 Å². The Morgan fingerprint density at radius 2 is 1.85 bits per heavy atom. The molecule has 0 spiro atoms. The highest BCUT2D eigenvalue weighted by Crippen LogP contribution is 2.18. The number of guanidine groups is 1. The van der Waals surface area contributed by atoms with E-state index in [-0.39, 0.29) is 5.75 Å². The minimum absolute atomic E-state index is 0.0775. The number of hydrogen-bond donors (Lipinski definition) is 1. The summed E-state index contributed by atoms with van der Waals surface area (Å²) in [6, 6.07) is 7.65. The minimum atomic E-state index is -3.00. The summed E-state index contributed by atoms with van der Waals surface area (Å²) in [6.45, 7) is 6.22. The molecule has 1 aliphatic heterocycles. The van der Waals surface area contributed by atoms with E-state index in [1.54, 1.807) is 0 Å². The fourth-order valence-corrected chi connectivity index (χ4v) is 3.99. The fraction of sp³-hybridized carbons (Fsp3) is 0.650. The van der Waals surface area contributed by atoms with E-state index in [9.17, 15) is 8.42 Å². The van der Waals surface area contributed by atoms with Gasteiger partial charge in [0.2, 0.25) is 0 Å². The van der Waals surface area contributed by atoms with Crippen LogP contribution in [0.5, 0.6) is 0 Å². The maximum atomic E-state index is 11.4. The second-order valence-electron chi connectivity index (χ2n) is 7.32. The monoisotopic (exact) mass is 395 g/mol. The minimum Gasteiger partial charge on any atom is -0.381 e. The molecule has 152 valence electrons. The van der Waals surface area contributed by atoms with Gasteiger partial charge in [0.05, 0.1) is 12.3 Å². The number of rotatable bonds is 8. The van der Waals surface area contributed by atoms with E-state index in [2.05, 4.69) is 24.2 Å². The van der Waals surface area contributed by atoms with Crippen molar-refractivity contribution in [2.45, 2.75) is 38.5 Å². The summed E-state index contributed by atoms with van der Waals surface area (Å²) in [7, 11) is -0.923. The van der Waals surface area contributed by atoms with E-state index >= 15 is 0 Å². The number of hydrogen-bond acceptors (Lipinski definition) is 4. The molecule has 0 amide bonds. The van der Waals surface area contributed by atoms with Crippen LogP contribution >= 0.6 is 0 Å². The average molecular weight is 396 g/mol. The van der Waals surface area contributed by atoms with Crippen LogP contribution in [0.1, 0.15) is 37.3 Å². The Morgan fingerprint density at radius 3 is 2.44 bits per heavy atom. The van der Waals surface area contributed by atoms with Gasteiger partial charge in [0, 0.05) is 39.6 Å². The lowest BCUT2D eigenvalue weighted by Gasteiger charge is -2.26. The van der Waals surface area contributed by atoms with Crippen LogP contribution in [0.25, 0.3) is 0 Å². The van der Waals surface area contributed by atoms with E-state index in [1.165, 1.54) is 6.26 Å². The van der Waals surface area contributed by atoms with Gasteiger partial charge in [-0.2, -0.15) is 0 Å². The first-order valence-corrected chi connectivity index (χ1v) is 11.8. The molecule has 0 aromatic heterocycles. The Hall–Kier alpha value is -1.60. The number of ether oxygens (including phenoxy) is 1. The molecule has 1 aromatic carbocycles. The molecule has 7 heteroatoms. The highest BCUT2D eigenvalue weighted by atomic mass is 32.2. The molecule has 2 rings (SSSR count). The Kier molecular flexibility index (Phi) is 8.57. The molecule has 1 N–H and O–H groups in total. The van der Waals surface area contributed by atoms with E-state index in [0.29, 0.717) is 6.54 Å². The molecule has 6 nitrogen and oxygen atoms in total. The molecule has 1 saturated heterocycles. The highest BCUT2D eigenvalue weighted by molar-refractivity contribution is 7.89. The van der Waals surface area contributed by atoms with Crippen LogP contribution < -0.4 is 5.32 Å². The summed E-state index contributed by atoms with van der Waals surface area (Å²) in [5.74, 6) is 1.73. The van der Waals surface area contributed by atoms with Crippen LogP contribution in [0.15, 0.2) is 29.3 Å². The zero-order valence-electron chi connectivity index (χ0n) is 16.8. The first kappa shape index (κ1) is 21.7. The van der Waals surface area contributed by atoms with Crippen molar-refractivity contribution in [1.29, 1.82) is 0 Å². The molecule has 1 aliphatic rings. The van der Waals surface area contributed by atoms with E-state index < -0.39 is 9.84 Å². The lowest BCUT2D eigenvalue weighted by Crippen LogP contribution is -2.40. The largest absolute Gasteiger partial charge is 0.381 e. The summed E-state index contributed by atoms with van der Waals surface area (Å²) < 4.78 is 28.2. The predicted molar refractivity (Wildman–Crippen MR) is 111 cm³/mol. The average Bonchev–Trinajstić information content (AvgIpc) is 2.64. The van der Waals surface area contributed by atoms with Crippen molar-refractivity contribution < 1.29 is 13.2 Å². The smallest absolute Gasteiger partial charge is 0.193 e. The molecule has 0 atom stereocenters. The van der Waals surface area contributed by atoms with Gasteiger partial charge in [0.1, 0.15) is 0 Å². The van der Waals surface area contributed by atoms with Crippen LogP contribution in [-0.2, 0) is 26.9 Å². The first-order valence-electron chi connectivity index (χ1n) is 9.70. The van der Waals surface area contributed by atoms with E-state index in [0.717, 1.165) is 68.6 Å². The van der Waals surface area contributed by atoms with Crippen molar-refractivity contribution in [3.05, 3.63) is 35.4 Å². The summed E-state index contributed by atoms with van der Waals surface area (Å²) in [5.41, 5.74) is 1.88. The Morgan fingerprint density at radius 1 is 1.22 bits per heavy atom. The standard InChI is InChI=1S/C20H33N3O3S/c1-4-21-20(23(2)12-9-17-10-13-26-14-11-17)22-15-18-5-7-19(8-6-18)16-27(3,24)25/h5-8,17H,4,9-16H2,1-3H3,(H,21,22). The van der Waals surface area contributed by atoms with E-state index in [1.807, 2.05) is 24.3 Å². The number of nitrogens with one attached hydrogen (secondary N) is 1. The van der Waals surface area contributed by atoms with Gasteiger partial charge >= 0.3 is 0 Å². The molecule has 0 saturated carbocycles. The van der Waals surface area contributed by atoms with Gasteiger partial charge in [-0.25, -0.2) is 13.4 Å². The molecular formula is C20H33N3O3S. The molecule has 0 unspecified atom stereocenters. The summed E-state index contributed by atoms with van der Waals surface area (Å²) in [4.78, 5) is 6.93. The SMILES string of the molecule is CCNC(=NCc1ccc(CS(C)(=O)=O)cc1)N(C)CCC1CCOCC1. The molecule has 0 aliphatic carbocycles. The molecular weight excluding hydrogens is 362 g/mol. The van der Waals surface area contributed by atoms with Gasteiger partial charge in [0.15, 0.2) is 15.8 Å². The van der Waals surface area contributed by atoms with Crippen LogP contribution in [0.4, 0.5) is 0 Å². The predicted octanol–water partition coefficient (Wildman–Crippen LogP) is 2.45.